The number of carboxylic acid groups (broad SMARTS) is 1. The molecule has 34 heavy (non-hydrogen) atoms. The molecule has 2 aromatic carbocycles. The van der Waals surface area contributed by atoms with Crippen LogP contribution in [0.15, 0.2) is 48.5 Å². The van der Waals surface area contributed by atoms with E-state index in [0.29, 0.717) is 6.42 Å². The average molecular weight is 468 g/mol. The lowest BCUT2D eigenvalue weighted by Crippen LogP contribution is -2.54. The first-order valence-electron chi connectivity index (χ1n) is 11.4. The zero-order valence-electron chi connectivity index (χ0n) is 20.1. The van der Waals surface area contributed by atoms with E-state index in [1.807, 2.05) is 43.3 Å². The molecule has 0 heterocycles. The minimum atomic E-state index is -1.11. The first kappa shape index (κ1) is 25.2. The zero-order valence-corrected chi connectivity index (χ0v) is 20.1. The van der Waals surface area contributed by atoms with Crippen LogP contribution in [0.25, 0.3) is 11.1 Å². The number of ether oxygens (including phenoxy) is 1. The summed E-state index contributed by atoms with van der Waals surface area (Å²) >= 11 is 0. The number of rotatable bonds is 10. The van der Waals surface area contributed by atoms with E-state index in [1.54, 1.807) is 25.9 Å². The van der Waals surface area contributed by atoms with Crippen molar-refractivity contribution in [2.24, 2.45) is 5.41 Å². The summed E-state index contributed by atoms with van der Waals surface area (Å²) in [6.45, 7) is 3.89. The van der Waals surface area contributed by atoms with Crippen LogP contribution < -0.4 is 10.6 Å². The maximum Gasteiger partial charge on any atom is 0.407 e. The molecule has 0 radical (unpaired) electrons. The Morgan fingerprint density at radius 3 is 2.12 bits per heavy atom. The highest BCUT2D eigenvalue weighted by molar-refractivity contribution is 5.88. The van der Waals surface area contributed by atoms with E-state index in [9.17, 15) is 19.5 Å². The van der Waals surface area contributed by atoms with Crippen molar-refractivity contribution in [1.29, 1.82) is 0 Å². The molecule has 0 saturated heterocycles. The van der Waals surface area contributed by atoms with Crippen LogP contribution in [0, 0.1) is 5.41 Å². The molecule has 3 N–H and O–H groups in total. The number of aliphatic carboxylic acids is 1. The normalized spacial score (nSPS) is 15.1. The highest BCUT2D eigenvalue weighted by Gasteiger charge is 2.35. The van der Waals surface area contributed by atoms with E-state index < -0.39 is 29.4 Å². The van der Waals surface area contributed by atoms with Crippen LogP contribution in [-0.2, 0) is 14.3 Å². The molecule has 8 nitrogen and oxygen atoms in total. The Kier molecular flexibility index (Phi) is 7.94. The second kappa shape index (κ2) is 10.7. The highest BCUT2D eigenvalue weighted by Crippen LogP contribution is 2.44. The quantitative estimate of drug-likeness (QED) is 0.496. The second-order valence-electron chi connectivity index (χ2n) is 9.22. The number of alkyl carbamates (subject to hydrolysis) is 1. The average Bonchev–Trinajstić information content (AvgIpc) is 3.14. The summed E-state index contributed by atoms with van der Waals surface area (Å²) in [5.41, 5.74) is 3.55. The number of amides is 2. The first-order chi connectivity index (χ1) is 16.2. The second-order valence-corrected chi connectivity index (χ2v) is 9.22. The van der Waals surface area contributed by atoms with Gasteiger partial charge in [-0.15, -0.1) is 0 Å². The predicted molar refractivity (Wildman–Crippen MR) is 130 cm³/mol. The predicted octanol–water partition coefficient (Wildman–Crippen LogP) is 3.07. The van der Waals surface area contributed by atoms with Crippen LogP contribution in [0.3, 0.4) is 0 Å². The number of carbonyl (C=O) groups is 3. The van der Waals surface area contributed by atoms with Crippen molar-refractivity contribution in [3.63, 3.8) is 0 Å². The highest BCUT2D eigenvalue weighted by atomic mass is 16.5. The van der Waals surface area contributed by atoms with Gasteiger partial charge in [0.15, 0.2) is 0 Å². The summed E-state index contributed by atoms with van der Waals surface area (Å²) in [5, 5.41) is 14.7. The molecule has 2 atom stereocenters. The fourth-order valence-electron chi connectivity index (χ4n) is 4.17. The monoisotopic (exact) mass is 467 g/mol. The maximum atomic E-state index is 12.9. The summed E-state index contributed by atoms with van der Waals surface area (Å²) in [5.74, 6) is -1.59. The third kappa shape index (κ3) is 5.56. The van der Waals surface area contributed by atoms with Crippen LogP contribution in [0.2, 0.25) is 0 Å². The summed E-state index contributed by atoms with van der Waals surface area (Å²) < 4.78 is 5.55. The van der Waals surface area contributed by atoms with Gasteiger partial charge in [-0.05, 0) is 49.7 Å². The topological polar surface area (TPSA) is 108 Å². The lowest BCUT2D eigenvalue weighted by Gasteiger charge is -2.29. The van der Waals surface area contributed by atoms with E-state index in [0.717, 1.165) is 22.3 Å². The summed E-state index contributed by atoms with van der Waals surface area (Å²) in [4.78, 5) is 38.6. The van der Waals surface area contributed by atoms with Gasteiger partial charge in [-0.2, -0.15) is 0 Å². The first-order valence-corrected chi connectivity index (χ1v) is 11.4. The van der Waals surface area contributed by atoms with E-state index in [2.05, 4.69) is 22.8 Å². The standard InChI is InChI=1S/C26H33N3O5/c1-5-26(2,24(32)28-22(23(30)31)14-29(3)4)16-27-25(33)34-15-21-19-12-8-6-10-17(19)18-11-7-9-13-20(18)21/h6-13,21-22H,5,14-16H2,1-4H3,(H,27,33)(H,28,32)(H,30,31). The molecule has 1 aliphatic carbocycles. The van der Waals surface area contributed by atoms with Gasteiger partial charge < -0.3 is 25.4 Å². The fourth-order valence-corrected chi connectivity index (χ4v) is 4.17. The van der Waals surface area contributed by atoms with Crippen LogP contribution >= 0.6 is 0 Å². The van der Waals surface area contributed by atoms with Gasteiger partial charge >= 0.3 is 12.1 Å². The smallest absolute Gasteiger partial charge is 0.407 e. The third-order valence-electron chi connectivity index (χ3n) is 6.45. The minimum absolute atomic E-state index is 0.0281. The SMILES string of the molecule is CCC(C)(CNC(=O)OCC1c2ccccc2-c2ccccc21)C(=O)NC(CN(C)C)C(=O)O. The lowest BCUT2D eigenvalue weighted by atomic mass is 9.86. The molecule has 0 saturated carbocycles. The van der Waals surface area contributed by atoms with Gasteiger partial charge in [0, 0.05) is 19.0 Å². The van der Waals surface area contributed by atoms with E-state index in [-0.39, 0.29) is 25.6 Å². The molecule has 0 bridgehead atoms. The van der Waals surface area contributed by atoms with Crippen LogP contribution in [-0.4, -0.2) is 67.8 Å². The molecule has 0 fully saturated rings. The number of nitrogens with zero attached hydrogens (tertiary/aromatic N) is 1. The number of nitrogens with one attached hydrogen (secondary N) is 2. The third-order valence-corrected chi connectivity index (χ3v) is 6.45. The van der Waals surface area contributed by atoms with Crippen molar-refractivity contribution in [3.8, 4) is 11.1 Å². The number of carboxylic acids is 1. The number of carbonyl (C=O) groups excluding carboxylic acids is 2. The van der Waals surface area contributed by atoms with Gasteiger partial charge in [-0.1, -0.05) is 55.5 Å². The van der Waals surface area contributed by atoms with Crippen molar-refractivity contribution in [2.45, 2.75) is 32.2 Å². The molecular formula is C26H33N3O5. The fraction of sp³-hybridized carbons (Fsp3) is 0.423. The Balaban J connectivity index is 1.59. The van der Waals surface area contributed by atoms with Gasteiger partial charge in [0.25, 0.3) is 0 Å². The molecule has 3 rings (SSSR count). The molecule has 0 spiro atoms. The van der Waals surface area contributed by atoms with Crippen LogP contribution in [0.5, 0.6) is 0 Å². The van der Waals surface area contributed by atoms with Gasteiger partial charge in [-0.3, -0.25) is 4.79 Å². The number of benzene rings is 2. The molecule has 0 aromatic heterocycles. The molecular weight excluding hydrogens is 434 g/mol. The van der Waals surface area contributed by atoms with E-state index >= 15 is 0 Å². The molecule has 8 heteroatoms. The number of likely N-dealkylation sites (N-methyl/N-ethyl adjacent to an activating group) is 1. The maximum absolute atomic E-state index is 12.9. The van der Waals surface area contributed by atoms with Crippen molar-refractivity contribution >= 4 is 18.0 Å². The van der Waals surface area contributed by atoms with Gasteiger partial charge in [0.2, 0.25) is 5.91 Å². The van der Waals surface area contributed by atoms with E-state index in [4.69, 9.17) is 4.74 Å². The minimum Gasteiger partial charge on any atom is -0.480 e. The molecule has 2 aromatic rings. The molecule has 0 aliphatic heterocycles. The molecule has 2 amide bonds. The van der Waals surface area contributed by atoms with Gasteiger partial charge in [0.1, 0.15) is 12.6 Å². The Bertz CT molecular complexity index is 1010. The Morgan fingerprint density at radius 2 is 1.62 bits per heavy atom. The number of hydrogen-bond donors (Lipinski definition) is 3. The Hall–Kier alpha value is -3.39. The van der Waals surface area contributed by atoms with Crippen LogP contribution in [0.4, 0.5) is 4.79 Å². The van der Waals surface area contributed by atoms with Gasteiger partial charge in [-0.25, -0.2) is 9.59 Å². The van der Waals surface area contributed by atoms with Crippen molar-refractivity contribution in [3.05, 3.63) is 59.7 Å². The lowest BCUT2D eigenvalue weighted by molar-refractivity contribution is -0.144. The largest absolute Gasteiger partial charge is 0.480 e. The summed E-state index contributed by atoms with van der Waals surface area (Å²) in [6.07, 6.45) is -0.200. The number of hydrogen-bond acceptors (Lipinski definition) is 5. The summed E-state index contributed by atoms with van der Waals surface area (Å²) in [6, 6.07) is 15.1. The van der Waals surface area contributed by atoms with Gasteiger partial charge in [0.05, 0.1) is 5.41 Å². The van der Waals surface area contributed by atoms with Crippen molar-refractivity contribution in [1.82, 2.24) is 15.5 Å². The Morgan fingerprint density at radius 1 is 1.06 bits per heavy atom. The van der Waals surface area contributed by atoms with Crippen LogP contribution in [0.1, 0.15) is 37.3 Å². The zero-order chi connectivity index (χ0) is 24.9. The molecule has 1 aliphatic rings. The molecule has 2 unspecified atom stereocenters. The number of fused-ring (bicyclic) bond motifs is 3. The van der Waals surface area contributed by atoms with Crippen molar-refractivity contribution < 1.29 is 24.2 Å². The molecule has 182 valence electrons. The van der Waals surface area contributed by atoms with Crippen molar-refractivity contribution in [2.75, 3.05) is 33.8 Å². The summed E-state index contributed by atoms with van der Waals surface area (Å²) in [7, 11) is 3.47. The van der Waals surface area contributed by atoms with E-state index in [1.165, 1.54) is 0 Å². The Labute approximate surface area is 200 Å².